The molecule has 2 aromatic rings. The monoisotopic (exact) mass is 380 g/mol. The number of anilines is 1. The zero-order chi connectivity index (χ0) is 19.1. The van der Waals surface area contributed by atoms with Crippen LogP contribution in [0.5, 0.6) is 5.88 Å². The van der Waals surface area contributed by atoms with Crippen molar-refractivity contribution in [2.75, 3.05) is 19.5 Å². The number of benzene rings is 1. The maximum atomic E-state index is 12.2. The van der Waals surface area contributed by atoms with E-state index < -0.39 is 23.1 Å². The van der Waals surface area contributed by atoms with Crippen LogP contribution in [0, 0.1) is 6.92 Å². The van der Waals surface area contributed by atoms with Crippen LogP contribution < -0.4 is 15.5 Å². The molecular formula is C15H16N4O6S. The van der Waals surface area contributed by atoms with Crippen LogP contribution in [-0.4, -0.2) is 40.4 Å². The third kappa shape index (κ3) is 4.97. The second-order valence-electron chi connectivity index (χ2n) is 4.74. The molecule has 0 saturated carbocycles. The Morgan fingerprint density at radius 2 is 1.88 bits per heavy atom. The number of carbonyl (C=O) groups excluding carboxylic acids is 2. The summed E-state index contributed by atoms with van der Waals surface area (Å²) in [5.74, 6) is -0.435. The van der Waals surface area contributed by atoms with Gasteiger partial charge in [0.2, 0.25) is 22.9 Å². The molecule has 1 atom stereocenters. The van der Waals surface area contributed by atoms with Crippen LogP contribution in [0.1, 0.15) is 16.1 Å². The lowest BCUT2D eigenvalue weighted by Gasteiger charge is -2.09. The molecule has 0 aliphatic rings. The molecule has 0 spiro atoms. The van der Waals surface area contributed by atoms with E-state index >= 15 is 0 Å². The van der Waals surface area contributed by atoms with Gasteiger partial charge in [0.25, 0.3) is 0 Å². The van der Waals surface area contributed by atoms with Crippen LogP contribution in [0.4, 0.5) is 10.7 Å². The number of aromatic nitrogens is 2. The standard InChI is InChI=1S/C15H16N4O6S/c1-9-8-12(23-2)17-14(16-9)18-15(21)19-25-26(22)11-7-5-4-6-10(11)13(20)24-3/h4-8H,1-3H3,(H2,16,17,18,19,21). The van der Waals surface area contributed by atoms with Gasteiger partial charge in [0.1, 0.15) is 0 Å². The number of hydrogen-bond donors (Lipinski definition) is 2. The number of nitrogens with zero attached hydrogens (tertiary/aromatic N) is 2. The van der Waals surface area contributed by atoms with Crippen molar-refractivity contribution in [3.8, 4) is 5.88 Å². The van der Waals surface area contributed by atoms with Crippen LogP contribution in [0.25, 0.3) is 0 Å². The number of nitrogens with one attached hydrogen (secondary N) is 2. The van der Waals surface area contributed by atoms with Gasteiger partial charge in [-0.25, -0.2) is 24.3 Å². The Morgan fingerprint density at radius 3 is 2.58 bits per heavy atom. The summed E-state index contributed by atoms with van der Waals surface area (Å²) in [5, 5.41) is 2.31. The number of methoxy groups -OCH3 is 2. The third-order valence-corrected chi connectivity index (χ3v) is 3.90. The summed E-state index contributed by atoms with van der Waals surface area (Å²) in [6.45, 7) is 1.70. The van der Waals surface area contributed by atoms with E-state index in [0.717, 1.165) is 0 Å². The van der Waals surface area contributed by atoms with Gasteiger partial charge in [-0.05, 0) is 19.1 Å². The molecule has 10 nitrogen and oxygen atoms in total. The van der Waals surface area contributed by atoms with Crippen LogP contribution in [-0.2, 0) is 20.1 Å². The van der Waals surface area contributed by atoms with Crippen molar-refractivity contribution in [1.29, 1.82) is 0 Å². The number of aryl methyl sites for hydroxylation is 1. The van der Waals surface area contributed by atoms with Gasteiger partial charge >= 0.3 is 12.0 Å². The lowest BCUT2D eigenvalue weighted by atomic mass is 10.2. The number of urea groups is 1. The molecule has 2 N–H and O–H groups in total. The molecule has 1 aromatic heterocycles. The van der Waals surface area contributed by atoms with Gasteiger partial charge in [-0.15, -0.1) is 0 Å². The minimum Gasteiger partial charge on any atom is -0.481 e. The van der Waals surface area contributed by atoms with E-state index in [1.807, 2.05) is 5.48 Å². The molecular weight excluding hydrogens is 364 g/mol. The van der Waals surface area contributed by atoms with Gasteiger partial charge in [-0.3, -0.25) is 5.32 Å². The summed E-state index contributed by atoms with van der Waals surface area (Å²) in [6.07, 6.45) is 0. The minimum absolute atomic E-state index is 0.0244. The summed E-state index contributed by atoms with van der Waals surface area (Å²) in [4.78, 5) is 31.5. The van der Waals surface area contributed by atoms with Crippen LogP contribution in [0.3, 0.4) is 0 Å². The maximum Gasteiger partial charge on any atom is 0.346 e. The Balaban J connectivity index is 2.01. The fourth-order valence-corrected chi connectivity index (χ4v) is 2.60. The summed E-state index contributed by atoms with van der Waals surface area (Å²) in [5.41, 5.74) is 2.58. The molecule has 0 saturated heterocycles. The number of rotatable bonds is 6. The lowest BCUT2D eigenvalue weighted by molar-refractivity contribution is 0.0596. The molecule has 0 radical (unpaired) electrons. The van der Waals surface area contributed by atoms with Gasteiger partial charge in [0.05, 0.1) is 24.7 Å². The summed E-state index contributed by atoms with van der Waals surface area (Å²) >= 11 is -2.14. The molecule has 11 heteroatoms. The first kappa shape index (κ1) is 19.3. The average Bonchev–Trinajstić information content (AvgIpc) is 2.64. The molecule has 0 aliphatic heterocycles. The van der Waals surface area contributed by atoms with Crippen LogP contribution in [0.2, 0.25) is 0 Å². The second kappa shape index (κ2) is 8.87. The van der Waals surface area contributed by atoms with Gasteiger partial charge in [0, 0.05) is 11.8 Å². The molecule has 26 heavy (non-hydrogen) atoms. The molecule has 1 aromatic carbocycles. The summed E-state index contributed by atoms with van der Waals surface area (Å²) in [7, 11) is 2.63. The highest BCUT2D eigenvalue weighted by Gasteiger charge is 2.18. The molecule has 0 bridgehead atoms. The molecule has 2 rings (SSSR count). The highest BCUT2D eigenvalue weighted by atomic mass is 32.2. The Hall–Kier alpha value is -3.05. The lowest BCUT2D eigenvalue weighted by Crippen LogP contribution is -2.30. The van der Waals surface area contributed by atoms with E-state index in [1.54, 1.807) is 25.1 Å². The minimum atomic E-state index is -2.14. The van der Waals surface area contributed by atoms with Gasteiger partial charge in [0.15, 0.2) is 0 Å². The van der Waals surface area contributed by atoms with Crippen molar-refractivity contribution in [2.45, 2.75) is 11.8 Å². The molecule has 2 amide bonds. The Bertz CT molecular complexity index is 845. The number of carbonyl (C=O) groups is 2. The second-order valence-corrected chi connectivity index (χ2v) is 5.81. The highest BCUT2D eigenvalue weighted by Crippen LogP contribution is 2.15. The van der Waals surface area contributed by atoms with E-state index in [2.05, 4.69) is 20.0 Å². The highest BCUT2D eigenvalue weighted by molar-refractivity contribution is 7.80. The number of esters is 1. The number of amides is 2. The molecule has 138 valence electrons. The van der Waals surface area contributed by atoms with E-state index in [9.17, 15) is 13.8 Å². The fourth-order valence-electron chi connectivity index (χ4n) is 1.84. The van der Waals surface area contributed by atoms with Crippen LogP contribution >= 0.6 is 0 Å². The number of hydrogen-bond acceptors (Lipinski definition) is 8. The van der Waals surface area contributed by atoms with E-state index in [0.29, 0.717) is 5.69 Å². The van der Waals surface area contributed by atoms with E-state index in [1.165, 1.54) is 26.4 Å². The normalized spacial score (nSPS) is 11.3. The first-order chi connectivity index (χ1) is 12.4. The first-order valence-corrected chi connectivity index (χ1v) is 8.25. The molecule has 0 fully saturated rings. The number of ether oxygens (including phenoxy) is 2. The SMILES string of the molecule is COC(=O)c1ccccc1S(=O)ONC(=O)Nc1nc(C)cc(OC)n1. The van der Waals surface area contributed by atoms with Gasteiger partial charge < -0.3 is 9.47 Å². The van der Waals surface area contributed by atoms with Crippen molar-refractivity contribution in [3.05, 3.63) is 41.6 Å². The third-order valence-electron chi connectivity index (χ3n) is 2.95. The average molecular weight is 380 g/mol. The maximum absolute atomic E-state index is 12.2. The van der Waals surface area contributed by atoms with E-state index in [-0.39, 0.29) is 22.3 Å². The summed E-state index contributed by atoms with van der Waals surface area (Å²) < 4.78 is 26.6. The molecule has 0 aliphatic carbocycles. The smallest absolute Gasteiger partial charge is 0.346 e. The van der Waals surface area contributed by atoms with Crippen LogP contribution in [0.15, 0.2) is 35.2 Å². The predicted molar refractivity (Wildman–Crippen MR) is 90.8 cm³/mol. The van der Waals surface area contributed by atoms with Crippen molar-refractivity contribution in [3.63, 3.8) is 0 Å². The Kier molecular flexibility index (Phi) is 6.58. The van der Waals surface area contributed by atoms with Crippen molar-refractivity contribution >= 4 is 29.0 Å². The predicted octanol–water partition coefficient (Wildman–Crippen LogP) is 1.36. The number of hydroxylamine groups is 1. The van der Waals surface area contributed by atoms with Crippen molar-refractivity contribution < 1.29 is 27.6 Å². The zero-order valence-electron chi connectivity index (χ0n) is 14.1. The van der Waals surface area contributed by atoms with Gasteiger partial charge in [-0.2, -0.15) is 9.27 Å². The van der Waals surface area contributed by atoms with Crippen molar-refractivity contribution in [2.24, 2.45) is 0 Å². The largest absolute Gasteiger partial charge is 0.481 e. The topological polar surface area (TPSA) is 129 Å². The zero-order valence-corrected chi connectivity index (χ0v) is 15.0. The Morgan fingerprint density at radius 1 is 1.15 bits per heavy atom. The quantitative estimate of drug-likeness (QED) is 0.568. The molecule has 1 heterocycles. The van der Waals surface area contributed by atoms with Gasteiger partial charge in [-0.1, -0.05) is 12.1 Å². The fraction of sp³-hybridized carbons (Fsp3) is 0.200. The first-order valence-electron chi connectivity index (χ1n) is 7.17. The summed E-state index contributed by atoms with van der Waals surface area (Å²) in [6, 6.07) is 6.71. The van der Waals surface area contributed by atoms with E-state index in [4.69, 9.17) is 9.02 Å². The molecule has 1 unspecified atom stereocenters. The van der Waals surface area contributed by atoms with Crippen molar-refractivity contribution in [1.82, 2.24) is 15.4 Å². The Labute approximate surface area is 151 Å².